The van der Waals surface area contributed by atoms with Gasteiger partial charge in [-0.05, 0) is 36.4 Å². The fourth-order valence-electron chi connectivity index (χ4n) is 2.31. The number of aromatic nitrogens is 2. The van der Waals surface area contributed by atoms with Gasteiger partial charge >= 0.3 is 5.97 Å². The molecule has 5 nitrogen and oxygen atoms in total. The molecule has 6 heteroatoms. The second-order valence-electron chi connectivity index (χ2n) is 4.59. The first kappa shape index (κ1) is 14.4. The zero-order chi connectivity index (χ0) is 15.7. The maximum atomic E-state index is 11.9. The van der Waals surface area contributed by atoms with Crippen molar-refractivity contribution < 1.29 is 14.3 Å². The van der Waals surface area contributed by atoms with Crippen molar-refractivity contribution in [2.24, 2.45) is 0 Å². The minimum absolute atomic E-state index is 0.256. The van der Waals surface area contributed by atoms with Crippen LogP contribution in [0.3, 0.4) is 0 Å². The molecule has 0 N–H and O–H groups in total. The normalized spacial score (nSPS) is 10.7. The molecule has 2 heterocycles. The smallest absolute Gasteiger partial charge is 0.340 e. The largest absolute Gasteiger partial charge is 0.497 e. The summed E-state index contributed by atoms with van der Waals surface area (Å²) in [5.41, 5.74) is 1.77. The summed E-state index contributed by atoms with van der Waals surface area (Å²) in [6.45, 7) is 0. The van der Waals surface area contributed by atoms with Crippen LogP contribution in [-0.4, -0.2) is 29.6 Å². The van der Waals surface area contributed by atoms with Crippen LogP contribution in [0.25, 0.3) is 16.9 Å². The van der Waals surface area contributed by atoms with Crippen molar-refractivity contribution >= 4 is 23.1 Å². The van der Waals surface area contributed by atoms with E-state index in [2.05, 4.69) is 4.98 Å². The zero-order valence-corrected chi connectivity index (χ0v) is 12.8. The van der Waals surface area contributed by atoms with Gasteiger partial charge in [0.05, 0.1) is 25.3 Å². The van der Waals surface area contributed by atoms with Crippen LogP contribution < -0.4 is 4.74 Å². The highest BCUT2D eigenvalue weighted by molar-refractivity contribution is 6.33. The Morgan fingerprint density at radius 3 is 2.55 bits per heavy atom. The van der Waals surface area contributed by atoms with Crippen LogP contribution in [0.15, 0.2) is 42.6 Å². The number of hydrogen-bond acceptors (Lipinski definition) is 4. The predicted octanol–water partition coefficient (Wildman–Crippen LogP) is 3.45. The number of rotatable bonds is 3. The van der Waals surface area contributed by atoms with E-state index >= 15 is 0 Å². The van der Waals surface area contributed by atoms with Gasteiger partial charge in [0.2, 0.25) is 0 Å². The average Bonchev–Trinajstić information content (AvgIpc) is 2.91. The standard InChI is InChI=1S/C16H13ClN2O3/c1-21-11-7-5-10(6-8-11)15-18-14(17)13-12(16(20)22-2)4-3-9-19(13)15/h3-9H,1-2H3. The van der Waals surface area contributed by atoms with Gasteiger partial charge in [0.15, 0.2) is 5.15 Å². The molecule has 0 atom stereocenters. The maximum Gasteiger partial charge on any atom is 0.340 e. The van der Waals surface area contributed by atoms with Gasteiger partial charge in [-0.1, -0.05) is 11.6 Å². The zero-order valence-electron chi connectivity index (χ0n) is 12.0. The van der Waals surface area contributed by atoms with Crippen LogP contribution in [-0.2, 0) is 4.74 Å². The molecule has 0 aliphatic heterocycles. The van der Waals surface area contributed by atoms with Crippen LogP contribution in [0.4, 0.5) is 0 Å². The van der Waals surface area contributed by atoms with E-state index in [1.54, 1.807) is 29.8 Å². The molecule has 22 heavy (non-hydrogen) atoms. The van der Waals surface area contributed by atoms with E-state index in [0.29, 0.717) is 16.9 Å². The average molecular weight is 317 g/mol. The van der Waals surface area contributed by atoms with Gasteiger partial charge in [0, 0.05) is 11.8 Å². The van der Waals surface area contributed by atoms with E-state index < -0.39 is 5.97 Å². The number of carbonyl (C=O) groups is 1. The Hall–Kier alpha value is -2.53. The third kappa shape index (κ3) is 2.29. The molecule has 0 saturated carbocycles. The molecule has 2 aromatic heterocycles. The van der Waals surface area contributed by atoms with Crippen molar-refractivity contribution in [3.8, 4) is 17.1 Å². The van der Waals surface area contributed by atoms with E-state index in [1.165, 1.54) is 7.11 Å². The number of esters is 1. The molecule has 112 valence electrons. The molecule has 3 rings (SSSR count). The van der Waals surface area contributed by atoms with Gasteiger partial charge in [0.25, 0.3) is 0 Å². The third-order valence-electron chi connectivity index (χ3n) is 3.38. The molecular formula is C16H13ClN2O3. The first-order chi connectivity index (χ1) is 10.7. The fraction of sp³-hybridized carbons (Fsp3) is 0.125. The van der Waals surface area contributed by atoms with Crippen LogP contribution in [0.5, 0.6) is 5.75 Å². The van der Waals surface area contributed by atoms with Crippen molar-refractivity contribution in [3.63, 3.8) is 0 Å². The molecule has 0 radical (unpaired) electrons. The Kier molecular flexibility index (Phi) is 3.73. The minimum Gasteiger partial charge on any atom is -0.497 e. The fourth-order valence-corrected chi connectivity index (χ4v) is 2.59. The number of ether oxygens (including phenoxy) is 2. The lowest BCUT2D eigenvalue weighted by molar-refractivity contribution is 0.0602. The van der Waals surface area contributed by atoms with Gasteiger partial charge in [-0.15, -0.1) is 0 Å². The van der Waals surface area contributed by atoms with Gasteiger partial charge in [-0.3, -0.25) is 4.40 Å². The molecule has 0 aliphatic rings. The highest BCUT2D eigenvalue weighted by Crippen LogP contribution is 2.29. The van der Waals surface area contributed by atoms with Gasteiger partial charge < -0.3 is 9.47 Å². The molecule has 0 unspecified atom stereocenters. The summed E-state index contributed by atoms with van der Waals surface area (Å²) < 4.78 is 11.7. The van der Waals surface area contributed by atoms with Gasteiger partial charge in [0.1, 0.15) is 11.6 Å². The highest BCUT2D eigenvalue weighted by Gasteiger charge is 2.18. The lowest BCUT2D eigenvalue weighted by Gasteiger charge is -2.05. The Morgan fingerprint density at radius 2 is 1.91 bits per heavy atom. The summed E-state index contributed by atoms with van der Waals surface area (Å²) in [7, 11) is 2.94. The predicted molar refractivity (Wildman–Crippen MR) is 83.5 cm³/mol. The third-order valence-corrected chi connectivity index (χ3v) is 3.64. The number of hydrogen-bond donors (Lipinski definition) is 0. The first-order valence-electron chi connectivity index (χ1n) is 6.55. The quantitative estimate of drug-likeness (QED) is 0.694. The van der Waals surface area contributed by atoms with Crippen LogP contribution in [0.1, 0.15) is 10.4 Å². The summed E-state index contributed by atoms with van der Waals surface area (Å²) in [6.07, 6.45) is 1.81. The maximum absolute atomic E-state index is 11.9. The number of benzene rings is 1. The molecule has 0 bridgehead atoms. The summed E-state index contributed by atoms with van der Waals surface area (Å²) in [5, 5.41) is 0.256. The number of carbonyl (C=O) groups excluding carboxylic acids is 1. The first-order valence-corrected chi connectivity index (χ1v) is 6.93. The molecule has 0 fully saturated rings. The van der Waals surface area contributed by atoms with Crippen molar-refractivity contribution in [1.82, 2.24) is 9.38 Å². The number of nitrogens with zero attached hydrogens (tertiary/aromatic N) is 2. The van der Waals surface area contributed by atoms with Crippen LogP contribution in [0, 0.1) is 0 Å². The van der Waals surface area contributed by atoms with E-state index in [9.17, 15) is 4.79 Å². The topological polar surface area (TPSA) is 52.8 Å². The summed E-state index contributed by atoms with van der Waals surface area (Å²) in [6, 6.07) is 10.9. The molecule has 0 aliphatic carbocycles. The summed E-state index contributed by atoms with van der Waals surface area (Å²) in [4.78, 5) is 16.2. The van der Waals surface area contributed by atoms with E-state index in [4.69, 9.17) is 21.1 Å². The monoisotopic (exact) mass is 316 g/mol. The molecule has 0 saturated heterocycles. The SMILES string of the molecule is COC(=O)c1cccn2c(-c3ccc(OC)cc3)nc(Cl)c12. The van der Waals surface area contributed by atoms with E-state index in [1.807, 2.05) is 24.3 Å². The number of fused-ring (bicyclic) bond motifs is 1. The summed E-state index contributed by atoms with van der Waals surface area (Å²) in [5.74, 6) is 0.952. The van der Waals surface area contributed by atoms with Crippen molar-refractivity contribution in [2.75, 3.05) is 14.2 Å². The van der Waals surface area contributed by atoms with Gasteiger partial charge in [-0.2, -0.15) is 0 Å². The van der Waals surface area contributed by atoms with E-state index in [-0.39, 0.29) is 5.15 Å². The molecular weight excluding hydrogens is 304 g/mol. The van der Waals surface area contributed by atoms with Crippen molar-refractivity contribution in [1.29, 1.82) is 0 Å². The van der Waals surface area contributed by atoms with Crippen LogP contribution in [0.2, 0.25) is 5.15 Å². The van der Waals surface area contributed by atoms with Crippen molar-refractivity contribution in [2.45, 2.75) is 0 Å². The number of imidazole rings is 1. The molecule has 0 amide bonds. The number of methoxy groups -OCH3 is 2. The Bertz CT molecular complexity index is 840. The van der Waals surface area contributed by atoms with Gasteiger partial charge in [-0.25, -0.2) is 9.78 Å². The minimum atomic E-state index is -0.450. The van der Waals surface area contributed by atoms with Crippen LogP contribution >= 0.6 is 11.6 Å². The highest BCUT2D eigenvalue weighted by atomic mass is 35.5. The summed E-state index contributed by atoms with van der Waals surface area (Å²) >= 11 is 6.23. The second-order valence-corrected chi connectivity index (χ2v) is 4.94. The Morgan fingerprint density at radius 1 is 1.18 bits per heavy atom. The molecule has 0 spiro atoms. The molecule has 3 aromatic rings. The second kappa shape index (κ2) is 5.69. The lowest BCUT2D eigenvalue weighted by atomic mass is 10.2. The lowest BCUT2D eigenvalue weighted by Crippen LogP contribution is -2.03. The molecule has 1 aromatic carbocycles. The Labute approximate surface area is 132 Å². The van der Waals surface area contributed by atoms with E-state index in [0.717, 1.165) is 11.3 Å². The number of pyridine rings is 1. The number of halogens is 1. The Balaban J connectivity index is 2.21. The van der Waals surface area contributed by atoms with Crippen molar-refractivity contribution in [3.05, 3.63) is 53.3 Å².